The van der Waals surface area contributed by atoms with Crippen LogP contribution >= 0.6 is 0 Å². The zero-order chi connectivity index (χ0) is 11.7. The van der Waals surface area contributed by atoms with Crippen LogP contribution in [0, 0.1) is 5.92 Å². The molecule has 2 amide bonds. The monoisotopic (exact) mass is 216 g/mol. The van der Waals surface area contributed by atoms with E-state index in [1.807, 2.05) is 0 Å². The molecule has 0 aromatic carbocycles. The summed E-state index contributed by atoms with van der Waals surface area (Å²) in [6.45, 7) is 7.29. The number of carbonyl (C=O) groups is 1. The van der Waals surface area contributed by atoms with Crippen molar-refractivity contribution < 1.29 is 9.90 Å². The van der Waals surface area contributed by atoms with Gasteiger partial charge in [0.15, 0.2) is 0 Å². The molecule has 0 aliphatic carbocycles. The number of carbonyl (C=O) groups excluding carboxylic acids is 1. The lowest BCUT2D eigenvalue weighted by atomic mass is 10.1. The second kappa shape index (κ2) is 8.53. The van der Waals surface area contributed by atoms with Crippen molar-refractivity contribution in [3.05, 3.63) is 0 Å². The largest absolute Gasteiger partial charge is 0.393 e. The standard InChI is InChI=1S/C11H24N2O2/c1-9(2)5-4-7-12-11(15)13-8-6-10(3)14/h9-10,14H,4-8H2,1-3H3,(H2,12,13,15). The van der Waals surface area contributed by atoms with Crippen LogP contribution in [0.15, 0.2) is 0 Å². The van der Waals surface area contributed by atoms with Crippen LogP contribution in [-0.4, -0.2) is 30.3 Å². The number of urea groups is 1. The molecule has 0 spiro atoms. The van der Waals surface area contributed by atoms with E-state index in [4.69, 9.17) is 5.11 Å². The molecule has 0 aromatic heterocycles. The second-order valence-electron chi connectivity index (χ2n) is 4.36. The molecule has 0 fully saturated rings. The Bertz CT molecular complexity index is 170. The normalized spacial score (nSPS) is 12.6. The molecule has 90 valence electrons. The van der Waals surface area contributed by atoms with Gasteiger partial charge in [-0.25, -0.2) is 4.79 Å². The minimum Gasteiger partial charge on any atom is -0.393 e. The smallest absolute Gasteiger partial charge is 0.314 e. The summed E-state index contributed by atoms with van der Waals surface area (Å²) in [7, 11) is 0. The van der Waals surface area contributed by atoms with Crippen molar-refractivity contribution in [3.8, 4) is 0 Å². The molecule has 4 heteroatoms. The van der Waals surface area contributed by atoms with Crippen LogP contribution < -0.4 is 10.6 Å². The topological polar surface area (TPSA) is 61.4 Å². The zero-order valence-corrected chi connectivity index (χ0v) is 10.0. The van der Waals surface area contributed by atoms with Crippen molar-refractivity contribution in [2.75, 3.05) is 13.1 Å². The molecule has 0 heterocycles. The Morgan fingerprint density at radius 2 is 1.73 bits per heavy atom. The van der Waals surface area contributed by atoms with E-state index in [0.29, 0.717) is 18.9 Å². The summed E-state index contributed by atoms with van der Waals surface area (Å²) in [5, 5.41) is 14.4. The predicted molar refractivity (Wildman–Crippen MR) is 61.8 cm³/mol. The highest BCUT2D eigenvalue weighted by Gasteiger charge is 2.00. The molecular weight excluding hydrogens is 192 g/mol. The lowest BCUT2D eigenvalue weighted by Gasteiger charge is -2.09. The van der Waals surface area contributed by atoms with Gasteiger partial charge in [-0.1, -0.05) is 13.8 Å². The van der Waals surface area contributed by atoms with E-state index in [9.17, 15) is 4.79 Å². The van der Waals surface area contributed by atoms with Gasteiger partial charge in [-0.05, 0) is 32.1 Å². The molecule has 0 rings (SSSR count). The van der Waals surface area contributed by atoms with Crippen molar-refractivity contribution in [2.45, 2.75) is 46.1 Å². The van der Waals surface area contributed by atoms with Gasteiger partial charge in [0.1, 0.15) is 0 Å². The first-order valence-electron chi connectivity index (χ1n) is 5.72. The van der Waals surface area contributed by atoms with E-state index in [1.54, 1.807) is 6.92 Å². The molecule has 1 unspecified atom stereocenters. The molecule has 1 atom stereocenters. The molecule has 0 bridgehead atoms. The Labute approximate surface area is 92.4 Å². The maximum atomic E-state index is 11.2. The van der Waals surface area contributed by atoms with Gasteiger partial charge in [0.25, 0.3) is 0 Å². The average Bonchev–Trinajstić information content (AvgIpc) is 2.11. The van der Waals surface area contributed by atoms with Gasteiger partial charge in [-0.2, -0.15) is 0 Å². The van der Waals surface area contributed by atoms with Crippen LogP contribution in [0.1, 0.15) is 40.0 Å². The number of rotatable bonds is 7. The third kappa shape index (κ3) is 11.2. The maximum absolute atomic E-state index is 11.2. The summed E-state index contributed by atoms with van der Waals surface area (Å²) in [6, 6.07) is -0.139. The van der Waals surface area contributed by atoms with Crippen molar-refractivity contribution >= 4 is 6.03 Å². The zero-order valence-electron chi connectivity index (χ0n) is 10.0. The van der Waals surface area contributed by atoms with Gasteiger partial charge in [0.05, 0.1) is 6.10 Å². The molecule has 4 nitrogen and oxygen atoms in total. The molecule has 0 radical (unpaired) electrons. The molecule has 0 saturated heterocycles. The van der Waals surface area contributed by atoms with E-state index in [1.165, 1.54) is 0 Å². The van der Waals surface area contributed by atoms with Crippen LogP contribution in [-0.2, 0) is 0 Å². The summed E-state index contributed by atoms with van der Waals surface area (Å²) in [4.78, 5) is 11.2. The van der Waals surface area contributed by atoms with Crippen molar-refractivity contribution in [1.82, 2.24) is 10.6 Å². The van der Waals surface area contributed by atoms with Crippen molar-refractivity contribution in [1.29, 1.82) is 0 Å². The van der Waals surface area contributed by atoms with Crippen LogP contribution in [0.25, 0.3) is 0 Å². The number of aliphatic hydroxyl groups excluding tert-OH is 1. The second-order valence-corrected chi connectivity index (χ2v) is 4.36. The minimum atomic E-state index is -0.355. The third-order valence-electron chi connectivity index (χ3n) is 2.09. The fourth-order valence-electron chi connectivity index (χ4n) is 1.17. The summed E-state index contributed by atoms with van der Waals surface area (Å²) in [5.41, 5.74) is 0. The fraction of sp³-hybridized carbons (Fsp3) is 0.909. The number of aliphatic hydroxyl groups is 1. The van der Waals surface area contributed by atoms with E-state index in [2.05, 4.69) is 24.5 Å². The molecular formula is C11H24N2O2. The summed E-state index contributed by atoms with van der Waals surface area (Å²) in [5.74, 6) is 0.685. The predicted octanol–water partition coefficient (Wildman–Crippen LogP) is 1.49. The van der Waals surface area contributed by atoms with Crippen LogP contribution in [0.3, 0.4) is 0 Å². The van der Waals surface area contributed by atoms with E-state index < -0.39 is 0 Å². The first kappa shape index (κ1) is 14.2. The van der Waals surface area contributed by atoms with E-state index >= 15 is 0 Å². The Morgan fingerprint density at radius 3 is 2.27 bits per heavy atom. The highest BCUT2D eigenvalue weighted by Crippen LogP contribution is 2.01. The summed E-state index contributed by atoms with van der Waals surface area (Å²) >= 11 is 0. The van der Waals surface area contributed by atoms with Gasteiger partial charge >= 0.3 is 6.03 Å². The van der Waals surface area contributed by atoms with Gasteiger partial charge in [0, 0.05) is 13.1 Å². The number of hydrogen-bond donors (Lipinski definition) is 3. The molecule has 3 N–H and O–H groups in total. The van der Waals surface area contributed by atoms with Gasteiger partial charge in [-0.3, -0.25) is 0 Å². The van der Waals surface area contributed by atoms with Gasteiger partial charge < -0.3 is 15.7 Å². The molecule has 0 aliphatic rings. The van der Waals surface area contributed by atoms with E-state index in [-0.39, 0.29) is 12.1 Å². The van der Waals surface area contributed by atoms with Crippen LogP contribution in [0.5, 0.6) is 0 Å². The molecule has 0 aliphatic heterocycles. The minimum absolute atomic E-state index is 0.139. The Balaban J connectivity index is 3.26. The van der Waals surface area contributed by atoms with E-state index in [0.717, 1.165) is 19.4 Å². The molecule has 15 heavy (non-hydrogen) atoms. The molecule has 0 saturated carbocycles. The third-order valence-corrected chi connectivity index (χ3v) is 2.09. The number of hydrogen-bond acceptors (Lipinski definition) is 2. The summed E-state index contributed by atoms with van der Waals surface area (Å²) < 4.78 is 0. The maximum Gasteiger partial charge on any atom is 0.314 e. The first-order chi connectivity index (χ1) is 7.02. The highest BCUT2D eigenvalue weighted by atomic mass is 16.3. The van der Waals surface area contributed by atoms with Crippen LogP contribution in [0.2, 0.25) is 0 Å². The van der Waals surface area contributed by atoms with Crippen molar-refractivity contribution in [3.63, 3.8) is 0 Å². The SMILES string of the molecule is CC(C)CCCNC(=O)NCCC(C)O. The fourth-order valence-corrected chi connectivity index (χ4v) is 1.17. The Kier molecular flexibility index (Phi) is 8.09. The number of nitrogens with one attached hydrogen (secondary N) is 2. The van der Waals surface area contributed by atoms with Crippen LogP contribution in [0.4, 0.5) is 4.79 Å². The lowest BCUT2D eigenvalue weighted by Crippen LogP contribution is -2.37. The lowest BCUT2D eigenvalue weighted by molar-refractivity contribution is 0.183. The van der Waals surface area contributed by atoms with Gasteiger partial charge in [-0.15, -0.1) is 0 Å². The quantitative estimate of drug-likeness (QED) is 0.565. The average molecular weight is 216 g/mol. The first-order valence-corrected chi connectivity index (χ1v) is 5.72. The number of amides is 2. The Hall–Kier alpha value is -0.770. The molecule has 0 aromatic rings. The Morgan fingerprint density at radius 1 is 1.13 bits per heavy atom. The highest BCUT2D eigenvalue weighted by molar-refractivity contribution is 5.73. The van der Waals surface area contributed by atoms with Crippen molar-refractivity contribution in [2.24, 2.45) is 5.92 Å². The van der Waals surface area contributed by atoms with Gasteiger partial charge in [0.2, 0.25) is 0 Å². The summed E-state index contributed by atoms with van der Waals surface area (Å²) in [6.07, 6.45) is 2.39.